The van der Waals surface area contributed by atoms with Gasteiger partial charge in [0.15, 0.2) is 0 Å². The Morgan fingerprint density at radius 2 is 2.37 bits per heavy atom. The first-order valence-corrected chi connectivity index (χ1v) is 8.47. The van der Waals surface area contributed by atoms with Crippen molar-refractivity contribution in [3.8, 4) is 0 Å². The number of piperazine rings is 1. The van der Waals surface area contributed by atoms with Crippen molar-refractivity contribution in [3.63, 3.8) is 0 Å². The lowest BCUT2D eigenvalue weighted by Crippen LogP contribution is -2.57. The van der Waals surface area contributed by atoms with Crippen LogP contribution in [0, 0.1) is 5.92 Å². The molecule has 1 aromatic heterocycles. The van der Waals surface area contributed by atoms with Crippen molar-refractivity contribution in [2.45, 2.75) is 58.7 Å². The van der Waals surface area contributed by atoms with Gasteiger partial charge in [-0.2, -0.15) is 0 Å². The molecule has 4 heteroatoms. The van der Waals surface area contributed by atoms with Gasteiger partial charge < -0.3 is 5.32 Å². The fourth-order valence-electron chi connectivity index (χ4n) is 2.88. The van der Waals surface area contributed by atoms with Crippen molar-refractivity contribution in [3.05, 3.63) is 16.6 Å². The summed E-state index contributed by atoms with van der Waals surface area (Å²) in [5.74, 6) is 0.756. The molecule has 2 rings (SSSR count). The summed E-state index contributed by atoms with van der Waals surface area (Å²) in [7, 11) is 0. The molecule has 19 heavy (non-hydrogen) atoms. The molecule has 0 amide bonds. The van der Waals surface area contributed by atoms with E-state index in [4.69, 9.17) is 0 Å². The van der Waals surface area contributed by atoms with E-state index in [0.717, 1.165) is 19.0 Å². The highest BCUT2D eigenvalue weighted by atomic mass is 32.1. The number of rotatable bonds is 6. The molecule has 1 saturated heterocycles. The van der Waals surface area contributed by atoms with Gasteiger partial charge in [0.1, 0.15) is 0 Å². The molecule has 1 N–H and O–H groups in total. The second-order valence-corrected chi connectivity index (χ2v) is 6.71. The van der Waals surface area contributed by atoms with Crippen LogP contribution in [-0.2, 0) is 6.54 Å². The molecule has 0 radical (unpaired) electrons. The van der Waals surface area contributed by atoms with Gasteiger partial charge in [-0.05, 0) is 12.3 Å². The van der Waals surface area contributed by atoms with Crippen LogP contribution >= 0.6 is 11.3 Å². The molecule has 1 fully saturated rings. The molecule has 3 atom stereocenters. The first kappa shape index (κ1) is 14.9. The Hall–Kier alpha value is -0.450. The molecule has 1 aliphatic heterocycles. The van der Waals surface area contributed by atoms with Crippen molar-refractivity contribution in [1.29, 1.82) is 0 Å². The molecule has 108 valence electrons. The summed E-state index contributed by atoms with van der Waals surface area (Å²) in [6.07, 6.45) is 5.83. The summed E-state index contributed by atoms with van der Waals surface area (Å²) in [5, 5.41) is 3.76. The van der Waals surface area contributed by atoms with Gasteiger partial charge in [0.25, 0.3) is 0 Å². The predicted octanol–water partition coefficient (Wildman–Crippen LogP) is 3.13. The van der Waals surface area contributed by atoms with Crippen molar-refractivity contribution in [2.24, 2.45) is 5.92 Å². The average Bonchev–Trinajstić information content (AvgIpc) is 2.93. The van der Waals surface area contributed by atoms with E-state index in [9.17, 15) is 0 Å². The summed E-state index contributed by atoms with van der Waals surface area (Å²) in [6, 6.07) is 1.33. The van der Waals surface area contributed by atoms with Crippen LogP contribution in [0.4, 0.5) is 0 Å². The standard InChI is InChI=1S/C15H27N3S/c1-4-6-13-7-17-15(12(3)5-2)10-18(13)9-14-8-16-11-19-14/h8,11-13,15,17H,4-7,9-10H2,1-3H3. The van der Waals surface area contributed by atoms with Crippen LogP contribution in [0.1, 0.15) is 44.9 Å². The average molecular weight is 281 g/mol. The van der Waals surface area contributed by atoms with Gasteiger partial charge in [-0.3, -0.25) is 9.88 Å². The van der Waals surface area contributed by atoms with E-state index in [2.05, 4.69) is 36.0 Å². The Labute approximate surface area is 121 Å². The Balaban J connectivity index is 1.99. The van der Waals surface area contributed by atoms with Crippen LogP contribution in [-0.4, -0.2) is 35.1 Å². The molecular formula is C15H27N3S. The van der Waals surface area contributed by atoms with Crippen molar-refractivity contribution >= 4 is 11.3 Å². The fraction of sp³-hybridized carbons (Fsp3) is 0.800. The molecule has 1 aromatic rings. The fourth-order valence-corrected chi connectivity index (χ4v) is 3.50. The second kappa shape index (κ2) is 7.36. The third kappa shape index (κ3) is 4.01. The summed E-state index contributed by atoms with van der Waals surface area (Å²) in [6.45, 7) is 10.3. The maximum atomic E-state index is 4.21. The molecule has 3 nitrogen and oxygen atoms in total. The zero-order valence-electron chi connectivity index (χ0n) is 12.4. The normalized spacial score (nSPS) is 26.5. The SMILES string of the molecule is CCCC1CNC(C(C)CC)CN1Cc1cncs1. The highest BCUT2D eigenvalue weighted by Crippen LogP contribution is 2.21. The second-order valence-electron chi connectivity index (χ2n) is 5.74. The Morgan fingerprint density at radius 1 is 1.53 bits per heavy atom. The lowest BCUT2D eigenvalue weighted by atomic mass is 9.94. The van der Waals surface area contributed by atoms with Crippen molar-refractivity contribution in [2.75, 3.05) is 13.1 Å². The quantitative estimate of drug-likeness (QED) is 0.868. The number of thiazole rings is 1. The number of hydrogen-bond donors (Lipinski definition) is 1. The summed E-state index contributed by atoms with van der Waals surface area (Å²) in [5.41, 5.74) is 1.94. The molecule has 2 heterocycles. The summed E-state index contributed by atoms with van der Waals surface area (Å²) in [4.78, 5) is 8.27. The molecule has 0 saturated carbocycles. The zero-order valence-corrected chi connectivity index (χ0v) is 13.2. The number of nitrogens with one attached hydrogen (secondary N) is 1. The van der Waals surface area contributed by atoms with E-state index in [1.54, 1.807) is 11.3 Å². The number of aromatic nitrogens is 1. The highest BCUT2D eigenvalue weighted by Gasteiger charge is 2.29. The van der Waals surface area contributed by atoms with E-state index in [1.807, 2.05) is 11.7 Å². The van der Waals surface area contributed by atoms with E-state index in [1.165, 1.54) is 30.7 Å². The van der Waals surface area contributed by atoms with E-state index >= 15 is 0 Å². The molecule has 0 aromatic carbocycles. The minimum absolute atomic E-state index is 0.644. The molecular weight excluding hydrogens is 254 g/mol. The van der Waals surface area contributed by atoms with Gasteiger partial charge in [0, 0.05) is 42.8 Å². The van der Waals surface area contributed by atoms with Gasteiger partial charge in [-0.25, -0.2) is 0 Å². The van der Waals surface area contributed by atoms with Crippen LogP contribution < -0.4 is 5.32 Å². The van der Waals surface area contributed by atoms with E-state index < -0.39 is 0 Å². The lowest BCUT2D eigenvalue weighted by Gasteiger charge is -2.42. The summed E-state index contributed by atoms with van der Waals surface area (Å²) < 4.78 is 0. The minimum Gasteiger partial charge on any atom is -0.311 e. The molecule has 3 unspecified atom stereocenters. The monoisotopic (exact) mass is 281 g/mol. The lowest BCUT2D eigenvalue weighted by molar-refractivity contribution is 0.0969. The van der Waals surface area contributed by atoms with Crippen molar-refractivity contribution in [1.82, 2.24) is 15.2 Å². The van der Waals surface area contributed by atoms with Crippen LogP contribution in [0.25, 0.3) is 0 Å². The summed E-state index contributed by atoms with van der Waals surface area (Å²) >= 11 is 1.78. The van der Waals surface area contributed by atoms with E-state index in [0.29, 0.717) is 12.1 Å². The smallest absolute Gasteiger partial charge is 0.0794 e. The van der Waals surface area contributed by atoms with Crippen molar-refractivity contribution < 1.29 is 0 Å². The Morgan fingerprint density at radius 3 is 3.00 bits per heavy atom. The predicted molar refractivity (Wildman–Crippen MR) is 82.5 cm³/mol. The Bertz CT molecular complexity index is 352. The molecule has 0 bridgehead atoms. The molecule has 0 spiro atoms. The van der Waals surface area contributed by atoms with Gasteiger partial charge in [-0.15, -0.1) is 11.3 Å². The first-order chi connectivity index (χ1) is 9.24. The number of nitrogens with zero attached hydrogens (tertiary/aromatic N) is 2. The third-order valence-electron chi connectivity index (χ3n) is 4.36. The third-order valence-corrected chi connectivity index (χ3v) is 5.12. The molecule has 1 aliphatic rings. The topological polar surface area (TPSA) is 28.2 Å². The zero-order chi connectivity index (χ0) is 13.7. The van der Waals surface area contributed by atoms with Crippen LogP contribution in [0.5, 0.6) is 0 Å². The maximum Gasteiger partial charge on any atom is 0.0794 e. The minimum atomic E-state index is 0.644. The van der Waals surface area contributed by atoms with E-state index in [-0.39, 0.29) is 0 Å². The van der Waals surface area contributed by atoms with Gasteiger partial charge in [0.2, 0.25) is 0 Å². The number of hydrogen-bond acceptors (Lipinski definition) is 4. The van der Waals surface area contributed by atoms with Gasteiger partial charge in [0.05, 0.1) is 5.51 Å². The maximum absolute atomic E-state index is 4.21. The van der Waals surface area contributed by atoms with Gasteiger partial charge in [-0.1, -0.05) is 33.6 Å². The first-order valence-electron chi connectivity index (χ1n) is 7.59. The Kier molecular flexibility index (Phi) is 5.79. The van der Waals surface area contributed by atoms with Crippen LogP contribution in [0.2, 0.25) is 0 Å². The van der Waals surface area contributed by atoms with Crippen LogP contribution in [0.15, 0.2) is 11.7 Å². The molecule has 0 aliphatic carbocycles. The van der Waals surface area contributed by atoms with Crippen LogP contribution in [0.3, 0.4) is 0 Å². The van der Waals surface area contributed by atoms with Gasteiger partial charge >= 0.3 is 0 Å². The largest absolute Gasteiger partial charge is 0.311 e. The highest BCUT2D eigenvalue weighted by molar-refractivity contribution is 7.09.